The SMILES string of the molecule is COc1ccc(NC(C)Cc2cccc(F)c2)cn1. The minimum absolute atomic E-state index is 0.192. The molecule has 19 heavy (non-hydrogen) atoms. The van der Waals surface area contributed by atoms with Crippen molar-refractivity contribution >= 4 is 5.69 Å². The number of pyridine rings is 1. The number of hydrogen-bond acceptors (Lipinski definition) is 3. The molecule has 0 spiro atoms. The van der Waals surface area contributed by atoms with Gasteiger partial charge in [0.15, 0.2) is 0 Å². The molecule has 0 fully saturated rings. The molecule has 0 aliphatic heterocycles. The summed E-state index contributed by atoms with van der Waals surface area (Å²) in [4.78, 5) is 4.13. The first-order valence-corrected chi connectivity index (χ1v) is 6.18. The van der Waals surface area contributed by atoms with Crippen molar-refractivity contribution in [2.24, 2.45) is 0 Å². The molecule has 2 rings (SSSR count). The third-order valence-corrected chi connectivity index (χ3v) is 2.79. The van der Waals surface area contributed by atoms with Crippen LogP contribution in [0.1, 0.15) is 12.5 Å². The molecule has 4 heteroatoms. The van der Waals surface area contributed by atoms with Crippen molar-refractivity contribution in [1.29, 1.82) is 0 Å². The molecule has 1 aromatic heterocycles. The highest BCUT2D eigenvalue weighted by Crippen LogP contribution is 2.14. The number of hydrogen-bond donors (Lipinski definition) is 1. The average Bonchev–Trinajstić information content (AvgIpc) is 2.39. The van der Waals surface area contributed by atoms with Gasteiger partial charge in [-0.05, 0) is 37.1 Å². The highest BCUT2D eigenvalue weighted by Gasteiger charge is 2.05. The van der Waals surface area contributed by atoms with E-state index in [9.17, 15) is 4.39 Å². The van der Waals surface area contributed by atoms with Gasteiger partial charge in [-0.2, -0.15) is 0 Å². The molecule has 0 saturated carbocycles. The lowest BCUT2D eigenvalue weighted by Gasteiger charge is -2.15. The van der Waals surface area contributed by atoms with Gasteiger partial charge in [-0.3, -0.25) is 0 Å². The van der Waals surface area contributed by atoms with Crippen LogP contribution in [0.15, 0.2) is 42.6 Å². The minimum Gasteiger partial charge on any atom is -0.481 e. The van der Waals surface area contributed by atoms with Crippen molar-refractivity contribution in [2.75, 3.05) is 12.4 Å². The molecule has 0 amide bonds. The molecule has 1 atom stereocenters. The van der Waals surface area contributed by atoms with Gasteiger partial charge in [-0.15, -0.1) is 0 Å². The van der Waals surface area contributed by atoms with Gasteiger partial charge in [-0.1, -0.05) is 12.1 Å². The number of rotatable bonds is 5. The largest absolute Gasteiger partial charge is 0.481 e. The van der Waals surface area contributed by atoms with E-state index in [1.807, 2.05) is 12.1 Å². The van der Waals surface area contributed by atoms with Crippen LogP contribution >= 0.6 is 0 Å². The highest BCUT2D eigenvalue weighted by molar-refractivity contribution is 5.43. The summed E-state index contributed by atoms with van der Waals surface area (Å²) in [5, 5.41) is 3.32. The molecule has 1 heterocycles. The zero-order valence-corrected chi connectivity index (χ0v) is 11.1. The number of nitrogens with zero attached hydrogens (tertiary/aromatic N) is 1. The summed E-state index contributed by atoms with van der Waals surface area (Å²) < 4.78 is 18.1. The lowest BCUT2D eigenvalue weighted by Crippen LogP contribution is -2.18. The van der Waals surface area contributed by atoms with Crippen LogP contribution in [0.5, 0.6) is 5.88 Å². The van der Waals surface area contributed by atoms with E-state index in [1.165, 1.54) is 6.07 Å². The molecular weight excluding hydrogens is 243 g/mol. The average molecular weight is 260 g/mol. The molecule has 0 aliphatic rings. The number of ether oxygens (including phenoxy) is 1. The smallest absolute Gasteiger partial charge is 0.213 e. The fraction of sp³-hybridized carbons (Fsp3) is 0.267. The molecule has 100 valence electrons. The highest BCUT2D eigenvalue weighted by atomic mass is 19.1. The maximum Gasteiger partial charge on any atom is 0.213 e. The summed E-state index contributed by atoms with van der Waals surface area (Å²) in [6, 6.07) is 10.6. The quantitative estimate of drug-likeness (QED) is 0.896. The van der Waals surface area contributed by atoms with Crippen molar-refractivity contribution in [2.45, 2.75) is 19.4 Å². The summed E-state index contributed by atoms with van der Waals surface area (Å²) in [6.45, 7) is 2.05. The Balaban J connectivity index is 1.95. The summed E-state index contributed by atoms with van der Waals surface area (Å²) in [7, 11) is 1.59. The van der Waals surface area contributed by atoms with Gasteiger partial charge >= 0.3 is 0 Å². The minimum atomic E-state index is -0.198. The molecule has 0 bridgehead atoms. The van der Waals surface area contributed by atoms with Crippen LogP contribution in [-0.4, -0.2) is 18.1 Å². The van der Waals surface area contributed by atoms with Crippen LogP contribution in [-0.2, 0) is 6.42 Å². The number of halogens is 1. The maximum atomic E-state index is 13.1. The number of anilines is 1. The topological polar surface area (TPSA) is 34.1 Å². The molecule has 2 aromatic rings. The fourth-order valence-electron chi connectivity index (χ4n) is 1.94. The third kappa shape index (κ3) is 3.95. The fourth-order valence-corrected chi connectivity index (χ4v) is 1.94. The van der Waals surface area contributed by atoms with Crippen LogP contribution in [0, 0.1) is 5.82 Å². The lowest BCUT2D eigenvalue weighted by molar-refractivity contribution is 0.398. The normalized spacial score (nSPS) is 11.9. The standard InChI is InChI=1S/C15H17FN2O/c1-11(8-12-4-3-5-13(16)9-12)18-14-6-7-15(19-2)17-10-14/h3-7,9-11,18H,8H2,1-2H3. The van der Waals surface area contributed by atoms with E-state index in [-0.39, 0.29) is 11.9 Å². The molecule has 1 aromatic carbocycles. The van der Waals surface area contributed by atoms with Crippen LogP contribution in [0.2, 0.25) is 0 Å². The Kier molecular flexibility index (Phi) is 4.34. The molecule has 0 radical (unpaired) electrons. The van der Waals surface area contributed by atoms with E-state index in [2.05, 4.69) is 17.2 Å². The van der Waals surface area contributed by atoms with Gasteiger partial charge in [-0.25, -0.2) is 9.37 Å². The Labute approximate surface area is 112 Å². The van der Waals surface area contributed by atoms with Crippen LogP contribution in [0.25, 0.3) is 0 Å². The van der Waals surface area contributed by atoms with Gasteiger partial charge in [0.1, 0.15) is 5.82 Å². The van der Waals surface area contributed by atoms with E-state index in [0.29, 0.717) is 5.88 Å². The van der Waals surface area contributed by atoms with E-state index in [4.69, 9.17) is 4.74 Å². The van der Waals surface area contributed by atoms with E-state index < -0.39 is 0 Å². The number of nitrogens with one attached hydrogen (secondary N) is 1. The van der Waals surface area contributed by atoms with Crippen LogP contribution in [0.4, 0.5) is 10.1 Å². The van der Waals surface area contributed by atoms with E-state index in [0.717, 1.165) is 17.7 Å². The number of benzene rings is 1. The molecule has 3 nitrogen and oxygen atoms in total. The van der Waals surface area contributed by atoms with Gasteiger partial charge in [0.2, 0.25) is 5.88 Å². The zero-order valence-electron chi connectivity index (χ0n) is 11.1. The van der Waals surface area contributed by atoms with Crippen molar-refractivity contribution in [3.8, 4) is 5.88 Å². The van der Waals surface area contributed by atoms with Gasteiger partial charge in [0.25, 0.3) is 0 Å². The number of aromatic nitrogens is 1. The first-order chi connectivity index (χ1) is 9.17. The second-order valence-electron chi connectivity index (χ2n) is 4.47. The summed E-state index contributed by atoms with van der Waals surface area (Å²) in [6.07, 6.45) is 2.48. The molecular formula is C15H17FN2O. The monoisotopic (exact) mass is 260 g/mol. The zero-order chi connectivity index (χ0) is 13.7. The maximum absolute atomic E-state index is 13.1. The Morgan fingerprint density at radius 1 is 1.32 bits per heavy atom. The van der Waals surface area contributed by atoms with Crippen molar-refractivity contribution in [3.05, 3.63) is 54.0 Å². The van der Waals surface area contributed by atoms with Gasteiger partial charge in [0, 0.05) is 12.1 Å². The Morgan fingerprint density at radius 3 is 2.79 bits per heavy atom. The summed E-state index contributed by atoms with van der Waals surface area (Å²) in [5.41, 5.74) is 1.89. The summed E-state index contributed by atoms with van der Waals surface area (Å²) in [5.74, 6) is 0.388. The first-order valence-electron chi connectivity index (χ1n) is 6.18. The predicted octanol–water partition coefficient (Wildman–Crippen LogP) is 3.27. The first kappa shape index (κ1) is 13.3. The van der Waals surface area contributed by atoms with E-state index in [1.54, 1.807) is 31.5 Å². The second-order valence-corrected chi connectivity index (χ2v) is 4.47. The van der Waals surface area contributed by atoms with Gasteiger partial charge < -0.3 is 10.1 Å². The Morgan fingerprint density at radius 2 is 2.16 bits per heavy atom. The molecule has 0 saturated heterocycles. The Bertz CT molecular complexity index is 528. The molecule has 0 aliphatic carbocycles. The predicted molar refractivity (Wildman–Crippen MR) is 74.0 cm³/mol. The van der Waals surface area contributed by atoms with Crippen molar-refractivity contribution in [3.63, 3.8) is 0 Å². The van der Waals surface area contributed by atoms with Crippen LogP contribution < -0.4 is 10.1 Å². The van der Waals surface area contributed by atoms with Crippen LogP contribution in [0.3, 0.4) is 0 Å². The molecule has 1 unspecified atom stereocenters. The number of methoxy groups -OCH3 is 1. The van der Waals surface area contributed by atoms with Crippen molar-refractivity contribution < 1.29 is 9.13 Å². The lowest BCUT2D eigenvalue weighted by atomic mass is 10.1. The molecule has 1 N–H and O–H groups in total. The summed E-state index contributed by atoms with van der Waals surface area (Å²) >= 11 is 0. The van der Waals surface area contributed by atoms with Crippen molar-refractivity contribution in [1.82, 2.24) is 4.98 Å². The van der Waals surface area contributed by atoms with E-state index >= 15 is 0 Å². The van der Waals surface area contributed by atoms with Gasteiger partial charge in [0.05, 0.1) is 19.0 Å². The Hall–Kier alpha value is -2.10. The second kappa shape index (κ2) is 6.18. The third-order valence-electron chi connectivity index (χ3n) is 2.79.